The largest absolute Gasteiger partial charge is 0.486 e. The van der Waals surface area contributed by atoms with Crippen molar-refractivity contribution in [1.29, 1.82) is 0 Å². The molecule has 2 aliphatic rings. The van der Waals surface area contributed by atoms with Gasteiger partial charge in [0, 0.05) is 5.41 Å². The van der Waals surface area contributed by atoms with Gasteiger partial charge >= 0.3 is 0 Å². The monoisotopic (exact) mass is 203 g/mol. The number of para-hydroxylation sites is 2. The van der Waals surface area contributed by atoms with Gasteiger partial charge in [0.2, 0.25) is 0 Å². The van der Waals surface area contributed by atoms with E-state index in [1.807, 2.05) is 12.1 Å². The van der Waals surface area contributed by atoms with Crippen LogP contribution in [0.15, 0.2) is 24.3 Å². The summed E-state index contributed by atoms with van der Waals surface area (Å²) in [6.45, 7) is 4.60. The van der Waals surface area contributed by atoms with Gasteiger partial charge in [0.1, 0.15) is 11.9 Å². The number of ether oxygens (including phenoxy) is 1. The van der Waals surface area contributed by atoms with Gasteiger partial charge in [0.05, 0.1) is 11.7 Å². The molecule has 1 aromatic rings. The first-order valence-corrected chi connectivity index (χ1v) is 5.69. The predicted molar refractivity (Wildman–Crippen MR) is 61.3 cm³/mol. The maximum atomic E-state index is 6.11. The van der Waals surface area contributed by atoms with Gasteiger partial charge in [-0.25, -0.2) is 0 Å². The van der Waals surface area contributed by atoms with E-state index < -0.39 is 0 Å². The minimum atomic E-state index is 0.297. The summed E-state index contributed by atoms with van der Waals surface area (Å²) in [6.07, 6.45) is 2.78. The number of hydrogen-bond donors (Lipinski definition) is 1. The molecule has 1 saturated carbocycles. The summed E-state index contributed by atoms with van der Waals surface area (Å²) in [5, 5.41) is 3.59. The molecule has 0 aromatic heterocycles. The van der Waals surface area contributed by atoms with Gasteiger partial charge in [0.15, 0.2) is 0 Å². The van der Waals surface area contributed by atoms with Crippen molar-refractivity contribution in [2.75, 3.05) is 5.32 Å². The SMILES string of the molecule is CC1(C)CCC2Nc3ccccc3OC21. The highest BCUT2D eigenvalue weighted by molar-refractivity contribution is 5.59. The van der Waals surface area contributed by atoms with Crippen LogP contribution in [0.2, 0.25) is 0 Å². The molecular weight excluding hydrogens is 186 g/mol. The average Bonchev–Trinajstić information content (AvgIpc) is 2.52. The van der Waals surface area contributed by atoms with Crippen molar-refractivity contribution >= 4 is 5.69 Å². The first kappa shape index (κ1) is 9.08. The molecule has 15 heavy (non-hydrogen) atoms. The molecule has 0 saturated heterocycles. The molecule has 1 fully saturated rings. The van der Waals surface area contributed by atoms with E-state index in [0.717, 1.165) is 11.4 Å². The molecule has 1 aliphatic carbocycles. The van der Waals surface area contributed by atoms with Crippen LogP contribution in [0, 0.1) is 5.41 Å². The molecule has 0 amide bonds. The summed E-state index contributed by atoms with van der Waals surface area (Å²) in [7, 11) is 0. The third kappa shape index (κ3) is 1.31. The second kappa shape index (κ2) is 2.91. The van der Waals surface area contributed by atoms with E-state index in [1.165, 1.54) is 12.8 Å². The number of hydrogen-bond acceptors (Lipinski definition) is 2. The van der Waals surface area contributed by atoms with Crippen LogP contribution in [0.25, 0.3) is 0 Å². The van der Waals surface area contributed by atoms with Crippen LogP contribution >= 0.6 is 0 Å². The highest BCUT2D eigenvalue weighted by Crippen LogP contribution is 2.45. The van der Waals surface area contributed by atoms with E-state index in [9.17, 15) is 0 Å². The molecule has 2 heteroatoms. The molecule has 1 heterocycles. The molecule has 0 spiro atoms. The van der Waals surface area contributed by atoms with E-state index in [-0.39, 0.29) is 0 Å². The normalized spacial score (nSPS) is 31.1. The van der Waals surface area contributed by atoms with Gasteiger partial charge in [0.25, 0.3) is 0 Å². The Bertz CT molecular complexity index is 386. The van der Waals surface area contributed by atoms with Crippen LogP contribution in [-0.2, 0) is 0 Å². The van der Waals surface area contributed by atoms with Crippen LogP contribution in [0.3, 0.4) is 0 Å². The summed E-state index contributed by atoms with van der Waals surface area (Å²) in [6, 6.07) is 8.72. The Morgan fingerprint density at radius 1 is 1.33 bits per heavy atom. The fourth-order valence-electron chi connectivity index (χ4n) is 2.78. The Balaban J connectivity index is 1.97. The molecule has 3 rings (SSSR count). The van der Waals surface area contributed by atoms with E-state index in [1.54, 1.807) is 0 Å². The van der Waals surface area contributed by atoms with Gasteiger partial charge in [-0.3, -0.25) is 0 Å². The lowest BCUT2D eigenvalue weighted by molar-refractivity contribution is 0.0901. The Morgan fingerprint density at radius 3 is 3.00 bits per heavy atom. The lowest BCUT2D eigenvalue weighted by Gasteiger charge is -2.36. The lowest BCUT2D eigenvalue weighted by atomic mass is 9.88. The van der Waals surface area contributed by atoms with Crippen LogP contribution < -0.4 is 10.1 Å². The molecule has 1 aliphatic heterocycles. The van der Waals surface area contributed by atoms with Crippen molar-refractivity contribution in [3.05, 3.63) is 24.3 Å². The summed E-state index contributed by atoms with van der Waals surface area (Å²) >= 11 is 0. The van der Waals surface area contributed by atoms with Crippen LogP contribution in [0.4, 0.5) is 5.69 Å². The van der Waals surface area contributed by atoms with Gasteiger partial charge in [-0.05, 0) is 25.0 Å². The second-order valence-electron chi connectivity index (χ2n) is 5.31. The van der Waals surface area contributed by atoms with E-state index in [2.05, 4.69) is 31.3 Å². The zero-order valence-corrected chi connectivity index (χ0v) is 9.29. The minimum absolute atomic E-state index is 0.297. The van der Waals surface area contributed by atoms with Crippen molar-refractivity contribution in [3.8, 4) is 5.75 Å². The highest BCUT2D eigenvalue weighted by atomic mass is 16.5. The van der Waals surface area contributed by atoms with Gasteiger partial charge < -0.3 is 10.1 Å². The van der Waals surface area contributed by atoms with Gasteiger partial charge in [-0.15, -0.1) is 0 Å². The molecule has 0 bridgehead atoms. The maximum Gasteiger partial charge on any atom is 0.142 e. The molecule has 1 N–H and O–H groups in total. The van der Waals surface area contributed by atoms with Crippen molar-refractivity contribution < 1.29 is 4.74 Å². The smallest absolute Gasteiger partial charge is 0.142 e. The number of benzene rings is 1. The predicted octanol–water partition coefficient (Wildman–Crippen LogP) is 3.05. The van der Waals surface area contributed by atoms with E-state index in [4.69, 9.17) is 4.74 Å². The zero-order valence-electron chi connectivity index (χ0n) is 9.29. The first-order valence-electron chi connectivity index (χ1n) is 5.69. The topological polar surface area (TPSA) is 21.3 Å². The summed E-state index contributed by atoms with van der Waals surface area (Å²) in [4.78, 5) is 0. The minimum Gasteiger partial charge on any atom is -0.486 e. The fourth-order valence-corrected chi connectivity index (χ4v) is 2.78. The van der Waals surface area contributed by atoms with Crippen LogP contribution in [0.1, 0.15) is 26.7 Å². The van der Waals surface area contributed by atoms with Crippen LogP contribution in [-0.4, -0.2) is 12.1 Å². The molecule has 2 nitrogen and oxygen atoms in total. The van der Waals surface area contributed by atoms with Crippen molar-refractivity contribution in [3.63, 3.8) is 0 Å². The molecule has 80 valence electrons. The Kier molecular flexibility index (Phi) is 1.76. The average molecular weight is 203 g/mol. The second-order valence-corrected chi connectivity index (χ2v) is 5.31. The third-order valence-electron chi connectivity index (χ3n) is 3.72. The van der Waals surface area contributed by atoms with Crippen LogP contribution in [0.5, 0.6) is 5.75 Å². The standard InChI is InChI=1S/C13H17NO/c1-13(2)8-7-10-12(13)15-11-6-4-3-5-9(11)14-10/h3-6,10,12,14H,7-8H2,1-2H3. The highest BCUT2D eigenvalue weighted by Gasteiger charge is 2.46. The van der Waals surface area contributed by atoms with E-state index >= 15 is 0 Å². The summed E-state index contributed by atoms with van der Waals surface area (Å²) < 4.78 is 6.11. The van der Waals surface area contributed by atoms with Crippen molar-refractivity contribution in [2.45, 2.75) is 38.8 Å². The zero-order chi connectivity index (χ0) is 10.5. The number of rotatable bonds is 0. The maximum absolute atomic E-state index is 6.11. The Hall–Kier alpha value is -1.18. The first-order chi connectivity index (χ1) is 7.17. The van der Waals surface area contributed by atoms with Crippen molar-refractivity contribution in [2.24, 2.45) is 5.41 Å². The molecule has 2 unspecified atom stereocenters. The van der Waals surface area contributed by atoms with Crippen molar-refractivity contribution in [1.82, 2.24) is 0 Å². The van der Waals surface area contributed by atoms with Gasteiger partial charge in [-0.2, -0.15) is 0 Å². The Labute approximate surface area is 90.6 Å². The quantitative estimate of drug-likeness (QED) is 0.699. The number of fused-ring (bicyclic) bond motifs is 2. The van der Waals surface area contributed by atoms with E-state index in [0.29, 0.717) is 17.6 Å². The molecular formula is C13H17NO. The number of nitrogens with one attached hydrogen (secondary N) is 1. The lowest BCUT2D eigenvalue weighted by Crippen LogP contribution is -2.43. The third-order valence-corrected chi connectivity index (χ3v) is 3.72. The molecule has 0 radical (unpaired) electrons. The number of anilines is 1. The summed E-state index contributed by atoms with van der Waals surface area (Å²) in [5.74, 6) is 1.01. The fraction of sp³-hybridized carbons (Fsp3) is 0.538. The molecule has 2 atom stereocenters. The molecule has 1 aromatic carbocycles. The van der Waals surface area contributed by atoms with Gasteiger partial charge in [-0.1, -0.05) is 26.0 Å². The Morgan fingerprint density at radius 2 is 2.13 bits per heavy atom. The summed E-state index contributed by atoms with van der Waals surface area (Å²) in [5.41, 5.74) is 1.45.